The molecule has 3 aliphatic rings. The molecular weight excluding hydrogens is 368 g/mol. The molecule has 1 fully saturated rings. The van der Waals surface area contributed by atoms with Gasteiger partial charge in [-0.15, -0.1) is 0 Å². The van der Waals surface area contributed by atoms with Crippen LogP contribution in [0.4, 0.5) is 0 Å². The number of ether oxygens (including phenoxy) is 2. The molecule has 29 heavy (non-hydrogen) atoms. The first-order chi connectivity index (χ1) is 14.1. The van der Waals surface area contributed by atoms with E-state index >= 15 is 0 Å². The number of carbonyl (C=O) groups excluding carboxylic acids is 1. The van der Waals surface area contributed by atoms with Gasteiger partial charge in [0, 0.05) is 19.0 Å². The van der Waals surface area contributed by atoms with Gasteiger partial charge in [0.05, 0.1) is 0 Å². The predicted molar refractivity (Wildman–Crippen MR) is 111 cm³/mol. The molecule has 3 aliphatic heterocycles. The first-order valence-electron chi connectivity index (χ1n) is 10.4. The Hall–Kier alpha value is -2.51. The van der Waals surface area contributed by atoms with Crippen molar-refractivity contribution >= 4 is 5.91 Å². The quantitative estimate of drug-likeness (QED) is 0.560. The van der Waals surface area contributed by atoms with Gasteiger partial charge in [0.1, 0.15) is 5.66 Å². The molecular formula is C22H30N4O3. The van der Waals surface area contributed by atoms with E-state index in [1.807, 2.05) is 24.4 Å². The zero-order valence-electron chi connectivity index (χ0n) is 16.9. The minimum Gasteiger partial charge on any atom is -0.454 e. The lowest BCUT2D eigenvalue weighted by Gasteiger charge is -2.37. The van der Waals surface area contributed by atoms with E-state index in [0.717, 1.165) is 54.6 Å². The molecule has 1 atom stereocenters. The Labute approximate surface area is 171 Å². The average Bonchev–Trinajstić information content (AvgIpc) is 3.21. The minimum absolute atomic E-state index is 0.0367. The molecule has 1 aromatic carbocycles. The van der Waals surface area contributed by atoms with E-state index in [0.29, 0.717) is 6.54 Å². The van der Waals surface area contributed by atoms with Crippen LogP contribution in [-0.4, -0.2) is 38.9 Å². The fraction of sp³-hybridized carbons (Fsp3) is 0.500. The number of fused-ring (bicyclic) bond motifs is 1. The Kier molecular flexibility index (Phi) is 6.06. The normalized spacial score (nSPS) is 23.4. The van der Waals surface area contributed by atoms with E-state index in [-0.39, 0.29) is 12.7 Å². The predicted octanol–water partition coefficient (Wildman–Crippen LogP) is 1.73. The van der Waals surface area contributed by atoms with Crippen molar-refractivity contribution in [3.63, 3.8) is 0 Å². The summed E-state index contributed by atoms with van der Waals surface area (Å²) < 4.78 is 11.1. The van der Waals surface area contributed by atoms with Gasteiger partial charge in [0.2, 0.25) is 12.7 Å². The highest BCUT2D eigenvalue weighted by Crippen LogP contribution is 2.36. The van der Waals surface area contributed by atoms with Crippen molar-refractivity contribution in [2.75, 3.05) is 33.0 Å². The van der Waals surface area contributed by atoms with Crippen molar-refractivity contribution in [2.24, 2.45) is 5.92 Å². The number of amides is 1. The lowest BCUT2D eigenvalue weighted by molar-refractivity contribution is -0.118. The highest BCUT2D eigenvalue weighted by molar-refractivity contribution is 5.73. The Balaban J connectivity index is 1.54. The van der Waals surface area contributed by atoms with Crippen molar-refractivity contribution in [2.45, 2.75) is 31.8 Å². The lowest BCUT2D eigenvalue weighted by atomic mass is 9.91. The Morgan fingerprint density at radius 1 is 1.24 bits per heavy atom. The average molecular weight is 399 g/mol. The molecule has 1 unspecified atom stereocenters. The van der Waals surface area contributed by atoms with Gasteiger partial charge < -0.3 is 25.4 Å². The molecule has 4 N–H and O–H groups in total. The van der Waals surface area contributed by atoms with E-state index < -0.39 is 5.66 Å². The van der Waals surface area contributed by atoms with Gasteiger partial charge in [0.25, 0.3) is 0 Å². The molecule has 0 bridgehead atoms. The molecule has 0 spiro atoms. The summed E-state index contributed by atoms with van der Waals surface area (Å²) in [6.45, 7) is 5.40. The first kappa shape index (κ1) is 19.8. The highest BCUT2D eigenvalue weighted by atomic mass is 16.7. The van der Waals surface area contributed by atoms with Gasteiger partial charge >= 0.3 is 0 Å². The summed E-state index contributed by atoms with van der Waals surface area (Å²) in [5.74, 6) is 2.24. The third-order valence-electron chi connectivity index (χ3n) is 5.79. The number of nitrogens with one attached hydrogen (secondary N) is 4. The minimum atomic E-state index is -0.559. The molecule has 1 amide bonds. The van der Waals surface area contributed by atoms with Gasteiger partial charge in [-0.05, 0) is 80.9 Å². The van der Waals surface area contributed by atoms with E-state index in [1.54, 1.807) is 0 Å². The summed E-state index contributed by atoms with van der Waals surface area (Å²) in [4.78, 5) is 11.4. The molecule has 0 radical (unpaired) electrons. The van der Waals surface area contributed by atoms with E-state index in [2.05, 4.69) is 33.4 Å². The SMILES string of the molecule is CC(=O)NCC1=CC(NCCC2CCNCC2)(c2ccc3c(c2)OCO3)NC=C1. The summed E-state index contributed by atoms with van der Waals surface area (Å²) in [6.07, 6.45) is 9.69. The number of rotatable bonds is 7. The summed E-state index contributed by atoms with van der Waals surface area (Å²) in [7, 11) is 0. The monoisotopic (exact) mass is 398 g/mol. The second-order valence-electron chi connectivity index (χ2n) is 7.89. The number of carbonyl (C=O) groups is 1. The number of hydrogen-bond acceptors (Lipinski definition) is 6. The zero-order valence-corrected chi connectivity index (χ0v) is 16.9. The molecule has 1 saturated heterocycles. The third-order valence-corrected chi connectivity index (χ3v) is 5.79. The van der Waals surface area contributed by atoms with E-state index in [9.17, 15) is 4.79 Å². The molecule has 0 saturated carbocycles. The van der Waals surface area contributed by atoms with Gasteiger partial charge in [-0.25, -0.2) is 0 Å². The van der Waals surface area contributed by atoms with Crippen LogP contribution in [0.25, 0.3) is 0 Å². The summed E-state index contributed by atoms with van der Waals surface area (Å²) in [5, 5.41) is 13.6. The standard InChI is InChI=1S/C22H30N4O3/c1-16(27)24-14-18-7-11-26-22(13-18,25-10-6-17-4-8-23-9-5-17)19-2-3-20-21(12-19)29-15-28-20/h2-3,7,11-13,17,23,25-26H,4-6,8-10,14-15H2,1H3,(H,24,27). The van der Waals surface area contributed by atoms with Crippen molar-refractivity contribution in [1.29, 1.82) is 0 Å². The van der Waals surface area contributed by atoms with Gasteiger partial charge in [-0.1, -0.05) is 6.07 Å². The van der Waals surface area contributed by atoms with Crippen molar-refractivity contribution in [1.82, 2.24) is 21.3 Å². The highest BCUT2D eigenvalue weighted by Gasteiger charge is 2.32. The second kappa shape index (κ2) is 8.88. The Morgan fingerprint density at radius 2 is 2.07 bits per heavy atom. The molecule has 1 aromatic rings. The maximum Gasteiger partial charge on any atom is 0.231 e. The fourth-order valence-electron chi connectivity index (χ4n) is 4.14. The topological polar surface area (TPSA) is 83.7 Å². The van der Waals surface area contributed by atoms with Crippen LogP contribution in [-0.2, 0) is 10.5 Å². The van der Waals surface area contributed by atoms with Crippen LogP contribution in [0, 0.1) is 5.92 Å². The smallest absolute Gasteiger partial charge is 0.231 e. The fourth-order valence-corrected chi connectivity index (χ4v) is 4.14. The van der Waals surface area contributed by atoms with Crippen molar-refractivity contribution in [3.05, 3.63) is 47.7 Å². The maximum absolute atomic E-state index is 11.4. The van der Waals surface area contributed by atoms with Gasteiger partial charge in [0.15, 0.2) is 11.5 Å². The van der Waals surface area contributed by atoms with Crippen LogP contribution in [0.15, 0.2) is 42.1 Å². The van der Waals surface area contributed by atoms with Crippen LogP contribution in [0.5, 0.6) is 11.5 Å². The lowest BCUT2D eigenvalue weighted by Crippen LogP contribution is -2.52. The molecule has 7 nitrogen and oxygen atoms in total. The first-order valence-corrected chi connectivity index (χ1v) is 10.4. The van der Waals surface area contributed by atoms with Crippen LogP contribution in [0.1, 0.15) is 31.7 Å². The van der Waals surface area contributed by atoms with Crippen molar-refractivity contribution < 1.29 is 14.3 Å². The van der Waals surface area contributed by atoms with Gasteiger partial charge in [-0.2, -0.15) is 0 Å². The Morgan fingerprint density at radius 3 is 2.90 bits per heavy atom. The third kappa shape index (κ3) is 4.74. The number of piperidine rings is 1. The second-order valence-corrected chi connectivity index (χ2v) is 7.89. The number of dihydropyridines is 1. The number of hydrogen-bond donors (Lipinski definition) is 4. The molecule has 0 aliphatic carbocycles. The molecule has 4 rings (SSSR count). The Bertz CT molecular complexity index is 801. The summed E-state index contributed by atoms with van der Waals surface area (Å²) in [6, 6.07) is 6.04. The van der Waals surface area contributed by atoms with E-state index in [1.165, 1.54) is 19.8 Å². The molecule has 0 aromatic heterocycles. The maximum atomic E-state index is 11.4. The van der Waals surface area contributed by atoms with Crippen LogP contribution < -0.4 is 30.7 Å². The summed E-state index contributed by atoms with van der Waals surface area (Å²) in [5.41, 5.74) is 1.54. The molecule has 7 heteroatoms. The van der Waals surface area contributed by atoms with Crippen LogP contribution in [0.3, 0.4) is 0 Å². The summed E-state index contributed by atoms with van der Waals surface area (Å²) >= 11 is 0. The van der Waals surface area contributed by atoms with Gasteiger partial charge in [-0.3, -0.25) is 10.1 Å². The van der Waals surface area contributed by atoms with Crippen molar-refractivity contribution in [3.8, 4) is 11.5 Å². The zero-order chi connectivity index (χ0) is 20.1. The van der Waals surface area contributed by atoms with Crippen LogP contribution >= 0.6 is 0 Å². The van der Waals surface area contributed by atoms with E-state index in [4.69, 9.17) is 9.47 Å². The number of benzene rings is 1. The molecule has 156 valence electrons. The largest absolute Gasteiger partial charge is 0.454 e. The molecule has 3 heterocycles. The van der Waals surface area contributed by atoms with Crippen LogP contribution in [0.2, 0.25) is 0 Å².